The van der Waals surface area contributed by atoms with E-state index in [2.05, 4.69) is 44.8 Å². The SMILES string of the molecule is BrCC#Cc1ccccc1.C/C(=N/OCC#Cc1ccccc1)C(=O)O. The highest BCUT2D eigenvalue weighted by molar-refractivity contribution is 9.09. The summed E-state index contributed by atoms with van der Waals surface area (Å²) in [4.78, 5) is 15.0. The fraction of sp³-hybridized carbons (Fsp3) is 0.143. The van der Waals surface area contributed by atoms with Crippen LogP contribution in [0.1, 0.15) is 18.1 Å². The van der Waals surface area contributed by atoms with E-state index in [9.17, 15) is 4.79 Å². The van der Waals surface area contributed by atoms with Crippen LogP contribution in [0.15, 0.2) is 65.8 Å². The molecule has 5 heteroatoms. The quantitative estimate of drug-likeness (QED) is 0.273. The third-order valence-electron chi connectivity index (χ3n) is 2.73. The highest BCUT2D eigenvalue weighted by Crippen LogP contribution is 1.95. The fourth-order valence-electron chi connectivity index (χ4n) is 1.52. The molecule has 0 bridgehead atoms. The standard InChI is InChI=1S/C12H11NO3.C9H7Br/c1-10(12(14)15)13-16-9-5-8-11-6-3-2-4-7-11;10-8-4-7-9-5-2-1-3-6-9/h2-4,6-7H,9H2,1H3,(H,14,15);1-3,5-6H,8H2/b13-10-;. The molecular formula is C21H18BrNO3. The van der Waals surface area contributed by atoms with Gasteiger partial charge in [-0.05, 0) is 31.2 Å². The molecule has 0 heterocycles. The van der Waals surface area contributed by atoms with Gasteiger partial charge in [0.2, 0.25) is 0 Å². The van der Waals surface area contributed by atoms with Crippen molar-refractivity contribution in [2.45, 2.75) is 6.92 Å². The van der Waals surface area contributed by atoms with Crippen molar-refractivity contribution in [2.75, 3.05) is 11.9 Å². The van der Waals surface area contributed by atoms with Crippen molar-refractivity contribution in [1.82, 2.24) is 0 Å². The Morgan fingerprint density at radius 3 is 1.96 bits per heavy atom. The van der Waals surface area contributed by atoms with Gasteiger partial charge in [-0.2, -0.15) is 0 Å². The number of aliphatic carboxylic acids is 1. The second-order valence-electron chi connectivity index (χ2n) is 4.72. The summed E-state index contributed by atoms with van der Waals surface area (Å²) >= 11 is 3.23. The Labute approximate surface area is 162 Å². The maximum atomic E-state index is 10.3. The van der Waals surface area contributed by atoms with E-state index in [-0.39, 0.29) is 12.3 Å². The minimum atomic E-state index is -1.10. The Morgan fingerprint density at radius 2 is 1.50 bits per heavy atom. The van der Waals surface area contributed by atoms with E-state index >= 15 is 0 Å². The first-order valence-electron chi connectivity index (χ1n) is 7.67. The largest absolute Gasteiger partial charge is 0.477 e. The van der Waals surface area contributed by atoms with E-state index in [0.717, 1.165) is 16.5 Å². The molecule has 0 unspecified atom stereocenters. The topological polar surface area (TPSA) is 58.9 Å². The van der Waals surface area contributed by atoms with Crippen LogP contribution in [0.4, 0.5) is 0 Å². The monoisotopic (exact) mass is 411 g/mol. The van der Waals surface area contributed by atoms with Crippen LogP contribution in [0.2, 0.25) is 0 Å². The molecule has 1 N–H and O–H groups in total. The van der Waals surface area contributed by atoms with Crippen LogP contribution in [-0.4, -0.2) is 28.7 Å². The van der Waals surface area contributed by atoms with Crippen molar-refractivity contribution >= 4 is 27.6 Å². The average molecular weight is 412 g/mol. The van der Waals surface area contributed by atoms with Crippen LogP contribution in [0.25, 0.3) is 0 Å². The lowest BCUT2D eigenvalue weighted by Gasteiger charge is -1.92. The van der Waals surface area contributed by atoms with Gasteiger partial charge in [-0.3, -0.25) is 0 Å². The summed E-state index contributed by atoms with van der Waals surface area (Å²) in [5, 5.41) is 12.6. The molecule has 0 aliphatic carbocycles. The van der Waals surface area contributed by atoms with Gasteiger partial charge in [0.05, 0.1) is 5.33 Å². The third-order valence-corrected chi connectivity index (χ3v) is 3.01. The Hall–Kier alpha value is -3.02. The zero-order valence-corrected chi connectivity index (χ0v) is 15.9. The Balaban J connectivity index is 0.000000289. The number of benzene rings is 2. The Bertz CT molecular complexity index is 826. The molecule has 2 aromatic carbocycles. The van der Waals surface area contributed by atoms with Crippen LogP contribution in [0, 0.1) is 23.7 Å². The van der Waals surface area contributed by atoms with Gasteiger partial charge in [0.25, 0.3) is 0 Å². The van der Waals surface area contributed by atoms with Crippen molar-refractivity contribution in [3.63, 3.8) is 0 Å². The van der Waals surface area contributed by atoms with Crippen LogP contribution in [-0.2, 0) is 9.63 Å². The summed E-state index contributed by atoms with van der Waals surface area (Å²) in [6.45, 7) is 1.42. The molecule has 0 saturated heterocycles. The first kappa shape index (κ1) is 21.0. The minimum absolute atomic E-state index is 0.0690. The Morgan fingerprint density at radius 1 is 1.00 bits per heavy atom. The van der Waals surface area contributed by atoms with Gasteiger partial charge in [0.15, 0.2) is 12.3 Å². The lowest BCUT2D eigenvalue weighted by Crippen LogP contribution is -2.08. The molecule has 0 fully saturated rings. The molecule has 2 aromatic rings. The van der Waals surface area contributed by atoms with Gasteiger partial charge in [-0.1, -0.05) is 81.2 Å². The molecule has 0 aliphatic heterocycles. The molecule has 0 aliphatic rings. The number of hydrogen-bond acceptors (Lipinski definition) is 3. The first-order chi connectivity index (χ1) is 12.6. The number of halogens is 1. The molecule has 132 valence electrons. The summed E-state index contributed by atoms with van der Waals surface area (Å²) in [5.74, 6) is 10.4. The van der Waals surface area contributed by atoms with Gasteiger partial charge in [0.1, 0.15) is 0 Å². The zero-order valence-electron chi connectivity index (χ0n) is 14.3. The molecule has 0 saturated carbocycles. The molecule has 4 nitrogen and oxygen atoms in total. The molecule has 0 atom stereocenters. The van der Waals surface area contributed by atoms with Gasteiger partial charge >= 0.3 is 5.97 Å². The van der Waals surface area contributed by atoms with E-state index in [4.69, 9.17) is 9.94 Å². The molecular weight excluding hydrogens is 394 g/mol. The summed E-state index contributed by atoms with van der Waals surface area (Å²) in [6, 6.07) is 19.4. The van der Waals surface area contributed by atoms with Gasteiger partial charge < -0.3 is 9.94 Å². The summed E-state index contributed by atoms with van der Waals surface area (Å²) in [6.07, 6.45) is 0. The summed E-state index contributed by atoms with van der Waals surface area (Å²) in [5.41, 5.74) is 1.86. The van der Waals surface area contributed by atoms with E-state index in [1.165, 1.54) is 6.92 Å². The van der Waals surface area contributed by atoms with E-state index < -0.39 is 5.97 Å². The predicted molar refractivity (Wildman–Crippen MR) is 107 cm³/mol. The maximum absolute atomic E-state index is 10.3. The van der Waals surface area contributed by atoms with Crippen LogP contribution in [0.5, 0.6) is 0 Å². The highest BCUT2D eigenvalue weighted by atomic mass is 79.9. The van der Waals surface area contributed by atoms with Crippen molar-refractivity contribution in [3.8, 4) is 23.7 Å². The highest BCUT2D eigenvalue weighted by Gasteiger charge is 2.00. The number of nitrogens with zero attached hydrogens (tertiary/aromatic N) is 1. The molecule has 0 amide bonds. The summed E-state index contributed by atoms with van der Waals surface area (Å²) < 4.78 is 0. The average Bonchev–Trinajstić information content (AvgIpc) is 2.68. The van der Waals surface area contributed by atoms with E-state index in [0.29, 0.717) is 0 Å². The molecule has 2 rings (SSSR count). The number of carbonyl (C=O) groups is 1. The van der Waals surface area contributed by atoms with Gasteiger partial charge in [-0.25, -0.2) is 4.79 Å². The van der Waals surface area contributed by atoms with E-state index in [1.54, 1.807) is 0 Å². The number of rotatable bonds is 3. The normalized spacial score (nSPS) is 9.38. The predicted octanol–water partition coefficient (Wildman–Crippen LogP) is 3.95. The minimum Gasteiger partial charge on any atom is -0.477 e. The smallest absolute Gasteiger partial charge is 0.353 e. The van der Waals surface area contributed by atoms with Crippen molar-refractivity contribution in [2.24, 2.45) is 5.16 Å². The fourth-order valence-corrected chi connectivity index (χ4v) is 1.66. The van der Waals surface area contributed by atoms with Crippen molar-refractivity contribution in [1.29, 1.82) is 0 Å². The van der Waals surface area contributed by atoms with Crippen molar-refractivity contribution < 1.29 is 14.7 Å². The number of carboxylic acid groups (broad SMARTS) is 1. The van der Waals surface area contributed by atoms with Crippen LogP contribution < -0.4 is 0 Å². The second kappa shape index (κ2) is 13.3. The van der Waals surface area contributed by atoms with Crippen molar-refractivity contribution in [3.05, 3.63) is 71.8 Å². The molecule has 0 spiro atoms. The first-order valence-corrected chi connectivity index (χ1v) is 8.79. The van der Waals surface area contributed by atoms with Crippen LogP contribution >= 0.6 is 15.9 Å². The van der Waals surface area contributed by atoms with Gasteiger partial charge in [0, 0.05) is 11.1 Å². The zero-order chi connectivity index (χ0) is 19.0. The maximum Gasteiger partial charge on any atom is 0.353 e. The summed E-state index contributed by atoms with van der Waals surface area (Å²) in [7, 11) is 0. The van der Waals surface area contributed by atoms with Gasteiger partial charge in [-0.15, -0.1) is 0 Å². The number of carboxylic acids is 1. The lowest BCUT2D eigenvalue weighted by molar-refractivity contribution is -0.129. The second-order valence-corrected chi connectivity index (χ2v) is 5.29. The Kier molecular flexibility index (Phi) is 10.7. The number of oxime groups is 1. The number of hydrogen-bond donors (Lipinski definition) is 1. The van der Waals surface area contributed by atoms with E-state index in [1.807, 2.05) is 60.7 Å². The lowest BCUT2D eigenvalue weighted by atomic mass is 10.2. The molecule has 0 aromatic heterocycles. The molecule has 0 radical (unpaired) electrons. The third kappa shape index (κ3) is 9.97. The van der Waals surface area contributed by atoms with Crippen LogP contribution in [0.3, 0.4) is 0 Å². The molecule has 26 heavy (non-hydrogen) atoms. The number of alkyl halides is 1.